The summed E-state index contributed by atoms with van der Waals surface area (Å²) < 4.78 is 0. The second-order valence-corrected chi connectivity index (χ2v) is 4.69. The molecule has 1 N–H and O–H groups in total. The van der Waals surface area contributed by atoms with Gasteiger partial charge in [0.2, 0.25) is 0 Å². The largest absolute Gasteiger partial charge is 0.396 e. The molecule has 0 spiro atoms. The Hall–Kier alpha value is -0.860. The first kappa shape index (κ1) is 13.2. The highest BCUT2D eigenvalue weighted by Gasteiger charge is 2.07. The molecule has 2 heteroatoms. The molecule has 0 bridgehead atoms. The molecule has 1 aromatic rings. The highest BCUT2D eigenvalue weighted by atomic mass is 16.3. The molecule has 0 saturated carbocycles. The van der Waals surface area contributed by atoms with E-state index in [2.05, 4.69) is 43.0 Å². The Morgan fingerprint density at radius 1 is 1.19 bits per heavy atom. The van der Waals surface area contributed by atoms with Gasteiger partial charge in [0.25, 0.3) is 0 Å². The van der Waals surface area contributed by atoms with E-state index in [1.165, 1.54) is 5.56 Å². The van der Waals surface area contributed by atoms with Crippen molar-refractivity contribution in [3.63, 3.8) is 0 Å². The lowest BCUT2D eigenvalue weighted by Gasteiger charge is -2.24. The van der Waals surface area contributed by atoms with Crippen molar-refractivity contribution >= 4 is 0 Å². The monoisotopic (exact) mass is 221 g/mol. The van der Waals surface area contributed by atoms with Crippen molar-refractivity contribution in [2.75, 3.05) is 19.7 Å². The second kappa shape index (κ2) is 7.42. The van der Waals surface area contributed by atoms with Crippen LogP contribution in [0.15, 0.2) is 30.3 Å². The van der Waals surface area contributed by atoms with Crippen LogP contribution in [-0.2, 0) is 6.54 Å². The number of hydrogen-bond donors (Lipinski definition) is 1. The van der Waals surface area contributed by atoms with E-state index in [9.17, 15) is 0 Å². The molecule has 16 heavy (non-hydrogen) atoms. The van der Waals surface area contributed by atoms with Gasteiger partial charge in [-0.2, -0.15) is 0 Å². The van der Waals surface area contributed by atoms with Gasteiger partial charge in [0.1, 0.15) is 0 Å². The first-order valence-electron chi connectivity index (χ1n) is 6.09. The van der Waals surface area contributed by atoms with Gasteiger partial charge >= 0.3 is 0 Å². The van der Waals surface area contributed by atoms with Gasteiger partial charge in [0.15, 0.2) is 0 Å². The highest BCUT2D eigenvalue weighted by molar-refractivity contribution is 5.14. The maximum Gasteiger partial charge on any atom is 0.0443 e. The zero-order chi connectivity index (χ0) is 11.8. The maximum absolute atomic E-state index is 8.89. The highest BCUT2D eigenvalue weighted by Crippen LogP contribution is 2.07. The number of nitrogens with zero attached hydrogens (tertiary/aromatic N) is 1. The summed E-state index contributed by atoms with van der Waals surface area (Å²) in [6.45, 7) is 7.80. The van der Waals surface area contributed by atoms with Crippen LogP contribution in [0.25, 0.3) is 0 Å². The summed E-state index contributed by atoms with van der Waals surface area (Å²) in [7, 11) is 0. The van der Waals surface area contributed by atoms with Crippen LogP contribution in [0.4, 0.5) is 0 Å². The topological polar surface area (TPSA) is 23.5 Å². The summed E-state index contributed by atoms with van der Waals surface area (Å²) in [5, 5.41) is 8.89. The van der Waals surface area contributed by atoms with E-state index in [1.807, 2.05) is 6.07 Å². The third-order valence-electron chi connectivity index (χ3n) is 2.50. The zero-order valence-corrected chi connectivity index (χ0v) is 10.4. The average molecular weight is 221 g/mol. The molecule has 0 aromatic heterocycles. The minimum Gasteiger partial charge on any atom is -0.396 e. The summed E-state index contributed by atoms with van der Waals surface area (Å²) in [4.78, 5) is 2.41. The molecule has 0 atom stereocenters. The Morgan fingerprint density at radius 3 is 2.44 bits per heavy atom. The lowest BCUT2D eigenvalue weighted by atomic mass is 10.1. The van der Waals surface area contributed by atoms with Crippen LogP contribution in [0.1, 0.15) is 25.8 Å². The Morgan fingerprint density at radius 2 is 1.88 bits per heavy atom. The molecule has 2 nitrogen and oxygen atoms in total. The molecule has 0 fully saturated rings. The summed E-state index contributed by atoms with van der Waals surface area (Å²) in [5.41, 5.74) is 1.35. The smallest absolute Gasteiger partial charge is 0.0443 e. The minimum atomic E-state index is 0.281. The molecule has 0 aliphatic heterocycles. The van der Waals surface area contributed by atoms with E-state index in [-0.39, 0.29) is 6.61 Å². The van der Waals surface area contributed by atoms with Crippen LogP contribution in [0.3, 0.4) is 0 Å². The summed E-state index contributed by atoms with van der Waals surface area (Å²) in [6, 6.07) is 10.5. The fraction of sp³-hybridized carbons (Fsp3) is 0.571. The second-order valence-electron chi connectivity index (χ2n) is 4.69. The molecule has 90 valence electrons. The molecule has 0 amide bonds. The average Bonchev–Trinajstić information content (AvgIpc) is 2.26. The molecule has 0 aliphatic carbocycles. The fourth-order valence-electron chi connectivity index (χ4n) is 1.89. The number of aliphatic hydroxyl groups is 1. The van der Waals surface area contributed by atoms with E-state index in [0.717, 1.165) is 26.1 Å². The minimum absolute atomic E-state index is 0.281. The van der Waals surface area contributed by atoms with E-state index in [0.29, 0.717) is 5.92 Å². The lowest BCUT2D eigenvalue weighted by Crippen LogP contribution is -2.28. The van der Waals surface area contributed by atoms with Crippen LogP contribution in [-0.4, -0.2) is 29.7 Å². The van der Waals surface area contributed by atoms with Crippen LogP contribution in [0.5, 0.6) is 0 Å². The Labute approximate surface area is 98.9 Å². The maximum atomic E-state index is 8.89. The number of rotatable bonds is 7. The van der Waals surface area contributed by atoms with Gasteiger partial charge in [-0.1, -0.05) is 44.2 Å². The molecular weight excluding hydrogens is 198 g/mol. The molecule has 0 heterocycles. The first-order chi connectivity index (χ1) is 7.72. The zero-order valence-electron chi connectivity index (χ0n) is 10.4. The van der Waals surface area contributed by atoms with Crippen molar-refractivity contribution in [2.24, 2.45) is 5.92 Å². The molecular formula is C14H23NO. The van der Waals surface area contributed by atoms with Crippen molar-refractivity contribution in [1.82, 2.24) is 4.90 Å². The number of benzene rings is 1. The lowest BCUT2D eigenvalue weighted by molar-refractivity contribution is 0.202. The van der Waals surface area contributed by atoms with Crippen molar-refractivity contribution in [2.45, 2.75) is 26.8 Å². The van der Waals surface area contributed by atoms with Gasteiger partial charge in [-0.3, -0.25) is 4.90 Å². The number of aliphatic hydroxyl groups excluding tert-OH is 1. The van der Waals surface area contributed by atoms with Gasteiger partial charge in [-0.05, 0) is 17.9 Å². The van der Waals surface area contributed by atoms with Crippen molar-refractivity contribution in [3.05, 3.63) is 35.9 Å². The van der Waals surface area contributed by atoms with Gasteiger partial charge in [-0.15, -0.1) is 0 Å². The van der Waals surface area contributed by atoms with E-state index in [1.54, 1.807) is 0 Å². The quantitative estimate of drug-likeness (QED) is 0.765. The van der Waals surface area contributed by atoms with Gasteiger partial charge in [0, 0.05) is 26.2 Å². The van der Waals surface area contributed by atoms with Crippen LogP contribution < -0.4 is 0 Å². The predicted octanol–water partition coefficient (Wildman–Crippen LogP) is 2.53. The van der Waals surface area contributed by atoms with E-state index < -0.39 is 0 Å². The SMILES string of the molecule is CC(C)CN(CCCO)Cc1ccccc1. The molecule has 1 rings (SSSR count). The molecule has 0 saturated heterocycles. The Bertz CT molecular complexity index is 271. The van der Waals surface area contributed by atoms with E-state index in [4.69, 9.17) is 5.11 Å². The van der Waals surface area contributed by atoms with Crippen LogP contribution in [0.2, 0.25) is 0 Å². The Balaban J connectivity index is 2.49. The van der Waals surface area contributed by atoms with Crippen molar-refractivity contribution in [3.8, 4) is 0 Å². The van der Waals surface area contributed by atoms with Crippen molar-refractivity contribution in [1.29, 1.82) is 0 Å². The van der Waals surface area contributed by atoms with Gasteiger partial charge < -0.3 is 5.11 Å². The third kappa shape index (κ3) is 5.29. The van der Waals surface area contributed by atoms with Gasteiger partial charge in [0.05, 0.1) is 0 Å². The molecule has 0 aliphatic rings. The summed E-state index contributed by atoms with van der Waals surface area (Å²) >= 11 is 0. The van der Waals surface area contributed by atoms with Gasteiger partial charge in [-0.25, -0.2) is 0 Å². The number of hydrogen-bond acceptors (Lipinski definition) is 2. The van der Waals surface area contributed by atoms with Crippen LogP contribution in [0, 0.1) is 5.92 Å². The van der Waals surface area contributed by atoms with E-state index >= 15 is 0 Å². The summed E-state index contributed by atoms with van der Waals surface area (Å²) in [6.07, 6.45) is 0.861. The fourth-order valence-corrected chi connectivity index (χ4v) is 1.89. The normalized spacial score (nSPS) is 11.3. The summed E-state index contributed by atoms with van der Waals surface area (Å²) in [5.74, 6) is 0.669. The molecule has 1 aromatic carbocycles. The van der Waals surface area contributed by atoms with Crippen molar-refractivity contribution < 1.29 is 5.11 Å². The third-order valence-corrected chi connectivity index (χ3v) is 2.50. The Kier molecular flexibility index (Phi) is 6.12. The molecule has 0 unspecified atom stereocenters. The molecule has 0 radical (unpaired) electrons. The predicted molar refractivity (Wildman–Crippen MR) is 68.3 cm³/mol. The standard InChI is InChI=1S/C14H23NO/c1-13(2)11-15(9-6-10-16)12-14-7-4-3-5-8-14/h3-5,7-8,13,16H,6,9-12H2,1-2H3. The van der Waals surface area contributed by atoms with Crippen LogP contribution >= 0.6 is 0 Å². The first-order valence-corrected chi connectivity index (χ1v) is 6.09.